The van der Waals surface area contributed by atoms with Gasteiger partial charge in [-0.05, 0) is 25.2 Å². The van der Waals surface area contributed by atoms with E-state index in [0.717, 1.165) is 19.3 Å². The first-order valence-electron chi connectivity index (χ1n) is 4.68. The molecule has 0 N–H and O–H groups in total. The van der Waals surface area contributed by atoms with Crippen molar-refractivity contribution in [1.82, 2.24) is 0 Å². The summed E-state index contributed by atoms with van der Waals surface area (Å²) in [4.78, 5) is 10.8. The molecule has 0 saturated carbocycles. The van der Waals surface area contributed by atoms with E-state index in [9.17, 15) is 4.79 Å². The number of hydrogen-bond donors (Lipinski definition) is 0. The second-order valence-electron chi connectivity index (χ2n) is 3.38. The topological polar surface area (TPSA) is 26.3 Å². The number of hydrogen-bond acceptors (Lipinski definition) is 2. The highest BCUT2D eigenvalue weighted by Gasteiger charge is 2.00. The van der Waals surface area contributed by atoms with Gasteiger partial charge >= 0.3 is 5.97 Å². The van der Waals surface area contributed by atoms with E-state index < -0.39 is 0 Å². The van der Waals surface area contributed by atoms with E-state index >= 15 is 0 Å². The van der Waals surface area contributed by atoms with Crippen molar-refractivity contribution in [2.24, 2.45) is 5.92 Å². The van der Waals surface area contributed by atoms with Crippen LogP contribution in [0.5, 0.6) is 0 Å². The molecule has 0 heterocycles. The molecule has 2 heteroatoms. The lowest BCUT2D eigenvalue weighted by Crippen LogP contribution is -2.01. The van der Waals surface area contributed by atoms with Crippen molar-refractivity contribution in [2.45, 2.75) is 46.5 Å². The fourth-order valence-corrected chi connectivity index (χ4v) is 0.816. The molecule has 0 amide bonds. The minimum Gasteiger partial charge on any atom is -0.458 e. The van der Waals surface area contributed by atoms with Gasteiger partial charge in [-0.1, -0.05) is 20.8 Å². The van der Waals surface area contributed by atoms with Crippen LogP contribution in [-0.2, 0) is 9.53 Å². The van der Waals surface area contributed by atoms with Gasteiger partial charge in [0.15, 0.2) is 0 Å². The average Bonchev–Trinajstić information content (AvgIpc) is 1.98. The maximum absolute atomic E-state index is 10.8. The molecule has 0 unspecified atom stereocenters. The van der Waals surface area contributed by atoms with Crippen LogP contribution in [0.3, 0.4) is 0 Å². The summed E-state index contributed by atoms with van der Waals surface area (Å²) in [5.41, 5.74) is 0. The van der Waals surface area contributed by atoms with Crippen LogP contribution in [0.25, 0.3) is 0 Å². The summed E-state index contributed by atoms with van der Waals surface area (Å²) in [5.74, 6) is 0.562. The van der Waals surface area contributed by atoms with Crippen molar-refractivity contribution in [2.75, 3.05) is 0 Å². The Morgan fingerprint density at radius 1 is 1.50 bits per heavy atom. The van der Waals surface area contributed by atoms with E-state index in [2.05, 4.69) is 13.8 Å². The van der Waals surface area contributed by atoms with Crippen molar-refractivity contribution in [1.29, 1.82) is 0 Å². The van der Waals surface area contributed by atoms with Gasteiger partial charge in [0.2, 0.25) is 0 Å². The zero-order valence-electron chi connectivity index (χ0n) is 8.30. The van der Waals surface area contributed by atoms with Crippen LogP contribution in [0.1, 0.15) is 46.5 Å². The molecule has 0 fully saturated rings. The highest BCUT2D eigenvalue weighted by atomic mass is 16.5. The molecular formula is C10H19O2. The molecule has 12 heavy (non-hydrogen) atoms. The fourth-order valence-electron chi connectivity index (χ4n) is 0.816. The molecule has 0 aromatic carbocycles. The molecule has 0 spiro atoms. The third kappa shape index (κ3) is 7.58. The smallest absolute Gasteiger partial charge is 0.306 e. The molecule has 0 atom stereocenters. The summed E-state index contributed by atoms with van der Waals surface area (Å²) in [7, 11) is 0. The molecule has 0 aliphatic carbocycles. The normalized spacial score (nSPS) is 10.3. The number of carbonyl (C=O) groups excluding carboxylic acids is 1. The molecule has 2 nitrogen and oxygen atoms in total. The minimum absolute atomic E-state index is 0.110. The van der Waals surface area contributed by atoms with E-state index in [1.165, 1.54) is 0 Å². The predicted molar refractivity (Wildman–Crippen MR) is 49.4 cm³/mol. The van der Waals surface area contributed by atoms with Crippen molar-refractivity contribution < 1.29 is 9.53 Å². The van der Waals surface area contributed by atoms with Crippen LogP contribution in [0, 0.1) is 12.5 Å². The standard InChI is InChI=1S/C10H19O2/c1-4-6-10(11)12-8-5-7-9(2)3/h8-9H,4-7H2,1-3H3. The van der Waals surface area contributed by atoms with Crippen LogP contribution < -0.4 is 0 Å². The SMILES string of the molecule is CCCC(=O)O[CH]CCC(C)C. The number of rotatable bonds is 6. The first-order valence-corrected chi connectivity index (χ1v) is 4.68. The van der Waals surface area contributed by atoms with Gasteiger partial charge in [-0.3, -0.25) is 4.79 Å². The van der Waals surface area contributed by atoms with Crippen molar-refractivity contribution in [3.63, 3.8) is 0 Å². The first kappa shape index (κ1) is 11.5. The Morgan fingerprint density at radius 2 is 2.17 bits per heavy atom. The molecule has 1 radical (unpaired) electrons. The van der Waals surface area contributed by atoms with Crippen molar-refractivity contribution in [3.05, 3.63) is 6.61 Å². The van der Waals surface area contributed by atoms with E-state index in [4.69, 9.17) is 4.74 Å². The summed E-state index contributed by atoms with van der Waals surface area (Å²) in [6.07, 6.45) is 3.33. The van der Waals surface area contributed by atoms with Gasteiger partial charge in [0.25, 0.3) is 0 Å². The van der Waals surface area contributed by atoms with Crippen LogP contribution in [0.2, 0.25) is 0 Å². The number of ether oxygens (including phenoxy) is 1. The molecule has 0 saturated heterocycles. The lowest BCUT2D eigenvalue weighted by Gasteiger charge is -2.04. The Kier molecular flexibility index (Phi) is 6.82. The quantitative estimate of drug-likeness (QED) is 0.453. The van der Waals surface area contributed by atoms with Gasteiger partial charge in [0.1, 0.15) is 6.61 Å². The summed E-state index contributed by atoms with van der Waals surface area (Å²) < 4.78 is 4.87. The largest absolute Gasteiger partial charge is 0.458 e. The Bertz CT molecular complexity index is 119. The van der Waals surface area contributed by atoms with Crippen LogP contribution in [-0.4, -0.2) is 5.97 Å². The Morgan fingerprint density at radius 3 is 2.67 bits per heavy atom. The van der Waals surface area contributed by atoms with Crippen LogP contribution in [0.4, 0.5) is 0 Å². The van der Waals surface area contributed by atoms with Gasteiger partial charge in [0.05, 0.1) is 0 Å². The van der Waals surface area contributed by atoms with Gasteiger partial charge < -0.3 is 4.74 Å². The average molecular weight is 171 g/mol. The Balaban J connectivity index is 3.14. The third-order valence-electron chi connectivity index (χ3n) is 1.53. The predicted octanol–water partition coefficient (Wildman–Crippen LogP) is 2.93. The highest BCUT2D eigenvalue weighted by Crippen LogP contribution is 2.06. The van der Waals surface area contributed by atoms with Gasteiger partial charge in [-0.15, -0.1) is 0 Å². The maximum atomic E-state index is 10.8. The number of carbonyl (C=O) groups is 1. The lowest BCUT2D eigenvalue weighted by molar-refractivity contribution is -0.140. The summed E-state index contributed by atoms with van der Waals surface area (Å²) in [6.45, 7) is 7.90. The van der Waals surface area contributed by atoms with Crippen LogP contribution >= 0.6 is 0 Å². The molecule has 0 aliphatic rings. The molecule has 0 bridgehead atoms. The Labute approximate surface area is 75.3 Å². The molecule has 0 aliphatic heterocycles. The summed E-state index contributed by atoms with van der Waals surface area (Å²) in [6, 6.07) is 0. The highest BCUT2D eigenvalue weighted by molar-refractivity contribution is 5.69. The van der Waals surface area contributed by atoms with Crippen molar-refractivity contribution in [3.8, 4) is 0 Å². The van der Waals surface area contributed by atoms with E-state index in [-0.39, 0.29) is 5.97 Å². The lowest BCUT2D eigenvalue weighted by atomic mass is 10.1. The van der Waals surface area contributed by atoms with Gasteiger partial charge in [0, 0.05) is 6.42 Å². The maximum Gasteiger partial charge on any atom is 0.306 e. The fraction of sp³-hybridized carbons (Fsp3) is 0.800. The molecule has 0 aromatic rings. The van der Waals surface area contributed by atoms with Gasteiger partial charge in [-0.2, -0.15) is 0 Å². The second kappa shape index (κ2) is 7.14. The zero-order chi connectivity index (χ0) is 9.40. The minimum atomic E-state index is -0.110. The van der Waals surface area contributed by atoms with E-state index in [1.807, 2.05) is 6.92 Å². The van der Waals surface area contributed by atoms with Crippen molar-refractivity contribution >= 4 is 5.97 Å². The summed E-state index contributed by atoms with van der Waals surface area (Å²) >= 11 is 0. The number of esters is 1. The van der Waals surface area contributed by atoms with Gasteiger partial charge in [-0.25, -0.2) is 0 Å². The van der Waals surface area contributed by atoms with Crippen LogP contribution in [0.15, 0.2) is 0 Å². The monoisotopic (exact) mass is 171 g/mol. The summed E-state index contributed by atoms with van der Waals surface area (Å²) in [5, 5.41) is 0. The third-order valence-corrected chi connectivity index (χ3v) is 1.53. The molecule has 71 valence electrons. The Hall–Kier alpha value is -0.530. The molecule has 0 rings (SSSR count). The molecule has 0 aromatic heterocycles. The van der Waals surface area contributed by atoms with E-state index in [1.54, 1.807) is 6.61 Å². The van der Waals surface area contributed by atoms with E-state index in [0.29, 0.717) is 12.3 Å². The first-order chi connectivity index (χ1) is 5.66. The molecular weight excluding hydrogens is 152 g/mol. The second-order valence-corrected chi connectivity index (χ2v) is 3.38. The zero-order valence-corrected chi connectivity index (χ0v) is 8.30.